The molecular weight excluding hydrogens is 278 g/mol. The summed E-state index contributed by atoms with van der Waals surface area (Å²) in [5.41, 5.74) is -0.316. The molecule has 0 bridgehead atoms. The molecule has 1 amide bonds. The van der Waals surface area contributed by atoms with E-state index >= 15 is 0 Å². The van der Waals surface area contributed by atoms with E-state index in [0.29, 0.717) is 0 Å². The number of carbonyl (C=O) groups is 1. The lowest BCUT2D eigenvalue weighted by Gasteiger charge is -2.43. The van der Waals surface area contributed by atoms with E-state index in [9.17, 15) is 4.79 Å². The number of allylic oxidation sites excluding steroid dienone is 2. The number of nitrogens with zero attached hydrogens (tertiary/aromatic N) is 1. The van der Waals surface area contributed by atoms with Gasteiger partial charge in [-0.1, -0.05) is 12.8 Å². The van der Waals surface area contributed by atoms with Crippen molar-refractivity contribution in [2.75, 3.05) is 20.2 Å². The SMILES string of the molecule is C/C=C(\OC)C1(CC2CC2)CCN(C(=O)OC(C)(C)C)CC1. The average Bonchev–Trinajstić information content (AvgIpc) is 3.22. The lowest BCUT2D eigenvalue weighted by Crippen LogP contribution is -2.46. The fourth-order valence-electron chi connectivity index (χ4n) is 3.51. The summed E-state index contributed by atoms with van der Waals surface area (Å²) in [6.45, 7) is 9.29. The van der Waals surface area contributed by atoms with Gasteiger partial charge in [0.15, 0.2) is 0 Å². The second kappa shape index (κ2) is 6.51. The van der Waals surface area contributed by atoms with Crippen LogP contribution in [0, 0.1) is 11.3 Å². The molecule has 0 unspecified atom stereocenters. The van der Waals surface area contributed by atoms with Crippen LogP contribution in [0.2, 0.25) is 0 Å². The van der Waals surface area contributed by atoms with E-state index in [2.05, 4.69) is 6.08 Å². The number of hydrogen-bond acceptors (Lipinski definition) is 3. The first-order valence-corrected chi connectivity index (χ1v) is 8.48. The third-order valence-corrected chi connectivity index (χ3v) is 4.75. The highest BCUT2D eigenvalue weighted by molar-refractivity contribution is 5.68. The number of likely N-dealkylation sites (tertiary alicyclic amines) is 1. The van der Waals surface area contributed by atoms with Crippen LogP contribution in [0.5, 0.6) is 0 Å². The molecule has 2 fully saturated rings. The van der Waals surface area contributed by atoms with Crippen LogP contribution in [0.4, 0.5) is 4.79 Å². The molecule has 0 atom stereocenters. The summed E-state index contributed by atoms with van der Waals surface area (Å²) in [5.74, 6) is 1.95. The Hall–Kier alpha value is -1.19. The summed E-state index contributed by atoms with van der Waals surface area (Å²) in [4.78, 5) is 14.1. The van der Waals surface area contributed by atoms with Crippen molar-refractivity contribution in [3.63, 3.8) is 0 Å². The number of hydrogen-bond donors (Lipinski definition) is 0. The molecule has 2 rings (SSSR count). The Morgan fingerprint density at radius 1 is 1.27 bits per heavy atom. The van der Waals surface area contributed by atoms with Gasteiger partial charge in [-0.05, 0) is 59.0 Å². The standard InChI is InChI=1S/C18H31NO3/c1-6-15(21-5)18(13-14-7-8-14)9-11-19(12-10-18)16(20)22-17(2,3)4/h6,14H,7-13H2,1-5H3/b15-6-. The lowest BCUT2D eigenvalue weighted by atomic mass is 9.72. The fraction of sp³-hybridized carbons (Fsp3) is 0.833. The number of rotatable bonds is 4. The summed E-state index contributed by atoms with van der Waals surface area (Å²) < 4.78 is 11.2. The smallest absolute Gasteiger partial charge is 0.410 e. The van der Waals surface area contributed by atoms with Crippen molar-refractivity contribution in [3.05, 3.63) is 11.8 Å². The maximum Gasteiger partial charge on any atom is 0.410 e. The Morgan fingerprint density at radius 3 is 2.27 bits per heavy atom. The van der Waals surface area contributed by atoms with E-state index in [1.54, 1.807) is 7.11 Å². The largest absolute Gasteiger partial charge is 0.501 e. The summed E-state index contributed by atoms with van der Waals surface area (Å²) in [6, 6.07) is 0. The van der Waals surface area contributed by atoms with Crippen LogP contribution in [-0.2, 0) is 9.47 Å². The molecule has 4 heteroatoms. The number of amides is 1. The van der Waals surface area contributed by atoms with Gasteiger partial charge >= 0.3 is 6.09 Å². The van der Waals surface area contributed by atoms with E-state index in [0.717, 1.165) is 37.6 Å². The highest BCUT2D eigenvalue weighted by Gasteiger charge is 2.44. The van der Waals surface area contributed by atoms with Crippen molar-refractivity contribution in [2.45, 2.75) is 65.4 Å². The predicted molar refractivity (Wildman–Crippen MR) is 87.6 cm³/mol. The van der Waals surface area contributed by atoms with Gasteiger partial charge in [0.05, 0.1) is 12.9 Å². The van der Waals surface area contributed by atoms with Crippen LogP contribution < -0.4 is 0 Å². The molecule has 0 spiro atoms. The molecule has 0 N–H and O–H groups in total. The van der Waals surface area contributed by atoms with Gasteiger partial charge in [-0.2, -0.15) is 0 Å². The molecule has 2 aliphatic rings. The van der Waals surface area contributed by atoms with Crippen molar-refractivity contribution in [3.8, 4) is 0 Å². The Balaban J connectivity index is 2.01. The molecular formula is C18H31NO3. The van der Waals surface area contributed by atoms with Gasteiger partial charge in [0.2, 0.25) is 0 Å². The quantitative estimate of drug-likeness (QED) is 0.725. The second-order valence-electron chi connectivity index (χ2n) is 7.75. The Labute approximate surface area is 134 Å². The molecule has 0 aromatic rings. The normalized spacial score (nSPS) is 22.4. The van der Waals surface area contributed by atoms with Crippen LogP contribution in [-0.4, -0.2) is 36.8 Å². The zero-order valence-electron chi connectivity index (χ0n) is 14.8. The summed E-state index contributed by atoms with van der Waals surface area (Å²) in [6.07, 6.45) is 7.74. The van der Waals surface area contributed by atoms with Crippen molar-refractivity contribution in [1.82, 2.24) is 4.90 Å². The first-order chi connectivity index (χ1) is 10.3. The predicted octanol–water partition coefficient (Wildman–Crippen LogP) is 4.35. The molecule has 0 radical (unpaired) electrons. The summed E-state index contributed by atoms with van der Waals surface area (Å²) in [5, 5.41) is 0. The van der Waals surface area contributed by atoms with E-state index in [4.69, 9.17) is 9.47 Å². The van der Waals surface area contributed by atoms with Gasteiger partial charge < -0.3 is 14.4 Å². The monoisotopic (exact) mass is 309 g/mol. The zero-order chi connectivity index (χ0) is 16.4. The number of piperidine rings is 1. The maximum atomic E-state index is 12.2. The van der Waals surface area contributed by atoms with Crippen LogP contribution >= 0.6 is 0 Å². The first-order valence-electron chi connectivity index (χ1n) is 8.48. The van der Waals surface area contributed by atoms with Gasteiger partial charge in [0.1, 0.15) is 5.60 Å². The van der Waals surface area contributed by atoms with E-state index in [-0.39, 0.29) is 11.5 Å². The van der Waals surface area contributed by atoms with Gasteiger partial charge in [-0.25, -0.2) is 4.79 Å². The average molecular weight is 309 g/mol. The van der Waals surface area contributed by atoms with Crippen molar-refractivity contribution >= 4 is 6.09 Å². The molecule has 1 saturated heterocycles. The Bertz CT molecular complexity index is 424. The van der Waals surface area contributed by atoms with Gasteiger partial charge in [-0.15, -0.1) is 0 Å². The molecule has 1 aliphatic heterocycles. The van der Waals surface area contributed by atoms with E-state index < -0.39 is 5.60 Å². The minimum atomic E-state index is -0.430. The third-order valence-electron chi connectivity index (χ3n) is 4.75. The highest BCUT2D eigenvalue weighted by atomic mass is 16.6. The topological polar surface area (TPSA) is 38.8 Å². The number of carbonyl (C=O) groups excluding carboxylic acids is 1. The van der Waals surface area contributed by atoms with Crippen molar-refractivity contribution in [1.29, 1.82) is 0 Å². The minimum absolute atomic E-state index is 0.114. The minimum Gasteiger partial charge on any atom is -0.501 e. The van der Waals surface area contributed by atoms with Crippen LogP contribution in [0.15, 0.2) is 11.8 Å². The molecule has 0 aromatic carbocycles. The molecule has 22 heavy (non-hydrogen) atoms. The van der Waals surface area contributed by atoms with Crippen LogP contribution in [0.1, 0.15) is 59.8 Å². The number of methoxy groups -OCH3 is 1. The first kappa shape index (κ1) is 17.2. The Morgan fingerprint density at radius 2 is 1.86 bits per heavy atom. The van der Waals surface area contributed by atoms with Crippen LogP contribution in [0.25, 0.3) is 0 Å². The maximum absolute atomic E-state index is 12.2. The van der Waals surface area contributed by atoms with E-state index in [1.807, 2.05) is 32.6 Å². The van der Waals surface area contributed by atoms with Crippen LogP contribution in [0.3, 0.4) is 0 Å². The number of ether oxygens (including phenoxy) is 2. The molecule has 1 heterocycles. The molecule has 1 saturated carbocycles. The van der Waals surface area contributed by atoms with Crippen molar-refractivity contribution < 1.29 is 14.3 Å². The lowest BCUT2D eigenvalue weighted by molar-refractivity contribution is 0.00570. The fourth-order valence-corrected chi connectivity index (χ4v) is 3.51. The van der Waals surface area contributed by atoms with Gasteiger partial charge in [0.25, 0.3) is 0 Å². The zero-order valence-corrected chi connectivity index (χ0v) is 14.8. The summed E-state index contributed by atoms with van der Waals surface area (Å²) >= 11 is 0. The van der Waals surface area contributed by atoms with Gasteiger partial charge in [0, 0.05) is 18.5 Å². The summed E-state index contributed by atoms with van der Waals surface area (Å²) in [7, 11) is 1.77. The third kappa shape index (κ3) is 4.17. The highest BCUT2D eigenvalue weighted by Crippen LogP contribution is 2.50. The van der Waals surface area contributed by atoms with Crippen molar-refractivity contribution in [2.24, 2.45) is 11.3 Å². The molecule has 0 aromatic heterocycles. The molecule has 4 nitrogen and oxygen atoms in total. The second-order valence-corrected chi connectivity index (χ2v) is 7.75. The Kier molecular flexibility index (Phi) is 5.08. The van der Waals surface area contributed by atoms with Gasteiger partial charge in [-0.3, -0.25) is 0 Å². The molecule has 126 valence electrons. The van der Waals surface area contributed by atoms with E-state index in [1.165, 1.54) is 19.3 Å². The molecule has 1 aliphatic carbocycles.